The summed E-state index contributed by atoms with van der Waals surface area (Å²) in [5.74, 6) is 0.490. The summed E-state index contributed by atoms with van der Waals surface area (Å²) in [4.78, 5) is 15.9. The fourth-order valence-corrected chi connectivity index (χ4v) is 1.61. The van der Waals surface area contributed by atoms with Crippen molar-refractivity contribution < 1.29 is 4.79 Å². The van der Waals surface area contributed by atoms with Gasteiger partial charge < -0.3 is 11.5 Å². The number of anilines is 1. The van der Waals surface area contributed by atoms with E-state index in [1.165, 1.54) is 0 Å². The van der Waals surface area contributed by atoms with E-state index in [4.69, 9.17) is 11.5 Å². The highest BCUT2D eigenvalue weighted by molar-refractivity contribution is 5.89. The van der Waals surface area contributed by atoms with E-state index in [-0.39, 0.29) is 5.78 Å². The normalized spacial score (nSPS) is 11.4. The van der Waals surface area contributed by atoms with Gasteiger partial charge in [-0.3, -0.25) is 4.79 Å². The number of pyridine rings is 1. The Morgan fingerprint density at radius 1 is 1.44 bits per heavy atom. The van der Waals surface area contributed by atoms with Gasteiger partial charge in [-0.15, -0.1) is 0 Å². The van der Waals surface area contributed by atoms with Crippen molar-refractivity contribution in [3.8, 4) is 0 Å². The highest BCUT2D eigenvalue weighted by atomic mass is 16.1. The van der Waals surface area contributed by atoms with Crippen LogP contribution in [0.3, 0.4) is 0 Å². The molecule has 0 fully saturated rings. The van der Waals surface area contributed by atoms with Gasteiger partial charge in [0.1, 0.15) is 5.82 Å². The number of aromatic nitrogens is 1. The van der Waals surface area contributed by atoms with E-state index < -0.39 is 5.54 Å². The summed E-state index contributed by atoms with van der Waals surface area (Å²) in [7, 11) is 0. The van der Waals surface area contributed by atoms with Crippen molar-refractivity contribution in [3.05, 3.63) is 23.9 Å². The van der Waals surface area contributed by atoms with Gasteiger partial charge in [-0.1, -0.05) is 13.8 Å². The lowest BCUT2D eigenvalue weighted by molar-refractivity contribution is -0.123. The zero-order valence-electron chi connectivity index (χ0n) is 9.86. The molecule has 0 saturated heterocycles. The lowest BCUT2D eigenvalue weighted by Gasteiger charge is -2.24. The fraction of sp³-hybridized carbons (Fsp3) is 0.500. The van der Waals surface area contributed by atoms with Gasteiger partial charge in [0.05, 0.1) is 5.54 Å². The molecule has 16 heavy (non-hydrogen) atoms. The molecule has 0 atom stereocenters. The molecule has 88 valence electrons. The van der Waals surface area contributed by atoms with Gasteiger partial charge >= 0.3 is 0 Å². The van der Waals surface area contributed by atoms with E-state index in [1.807, 2.05) is 13.8 Å². The first-order valence-corrected chi connectivity index (χ1v) is 5.54. The third-order valence-electron chi connectivity index (χ3n) is 3.03. The van der Waals surface area contributed by atoms with Crippen LogP contribution in [0.2, 0.25) is 0 Å². The Balaban J connectivity index is 2.78. The van der Waals surface area contributed by atoms with Gasteiger partial charge in [0.15, 0.2) is 5.78 Å². The van der Waals surface area contributed by atoms with Crippen molar-refractivity contribution >= 4 is 11.6 Å². The van der Waals surface area contributed by atoms with Crippen LogP contribution in [0, 0.1) is 0 Å². The van der Waals surface area contributed by atoms with Crippen LogP contribution in [-0.2, 0) is 11.2 Å². The molecule has 0 aliphatic rings. The number of rotatable bonds is 5. The van der Waals surface area contributed by atoms with E-state index in [9.17, 15) is 4.79 Å². The number of hydrogen-bond acceptors (Lipinski definition) is 4. The zero-order chi connectivity index (χ0) is 12.2. The van der Waals surface area contributed by atoms with Gasteiger partial charge in [-0.05, 0) is 30.5 Å². The van der Waals surface area contributed by atoms with E-state index in [0.29, 0.717) is 25.1 Å². The van der Waals surface area contributed by atoms with Gasteiger partial charge in [0.25, 0.3) is 0 Å². The Morgan fingerprint density at radius 2 is 2.06 bits per heavy atom. The first-order valence-electron chi connectivity index (χ1n) is 5.54. The van der Waals surface area contributed by atoms with Crippen LogP contribution in [0.15, 0.2) is 18.3 Å². The number of carbonyl (C=O) groups excluding carboxylic acids is 1. The quantitative estimate of drug-likeness (QED) is 0.785. The van der Waals surface area contributed by atoms with Crippen LogP contribution < -0.4 is 11.5 Å². The lowest BCUT2D eigenvalue weighted by Crippen LogP contribution is -2.47. The van der Waals surface area contributed by atoms with Crippen molar-refractivity contribution in [3.63, 3.8) is 0 Å². The fourth-order valence-electron chi connectivity index (χ4n) is 1.61. The summed E-state index contributed by atoms with van der Waals surface area (Å²) in [6.45, 7) is 3.87. The number of carbonyl (C=O) groups is 1. The average Bonchev–Trinajstić information content (AvgIpc) is 2.28. The summed E-state index contributed by atoms with van der Waals surface area (Å²) in [5.41, 5.74) is 11.7. The molecule has 0 bridgehead atoms. The molecule has 4 N–H and O–H groups in total. The van der Waals surface area contributed by atoms with E-state index in [0.717, 1.165) is 5.56 Å². The minimum Gasteiger partial charge on any atom is -0.384 e. The SMILES string of the molecule is CCC(N)(CC)C(=O)Cc1ccnc(N)c1. The number of nitrogens with two attached hydrogens (primary N) is 2. The summed E-state index contributed by atoms with van der Waals surface area (Å²) < 4.78 is 0. The van der Waals surface area contributed by atoms with Gasteiger partial charge in [-0.2, -0.15) is 0 Å². The maximum absolute atomic E-state index is 12.0. The lowest BCUT2D eigenvalue weighted by atomic mass is 9.86. The van der Waals surface area contributed by atoms with Crippen LogP contribution in [0.25, 0.3) is 0 Å². The molecule has 4 nitrogen and oxygen atoms in total. The van der Waals surface area contributed by atoms with Crippen molar-refractivity contribution in [2.75, 3.05) is 5.73 Å². The Bertz CT molecular complexity index is 372. The zero-order valence-corrected chi connectivity index (χ0v) is 9.86. The Morgan fingerprint density at radius 3 is 2.56 bits per heavy atom. The maximum Gasteiger partial charge on any atom is 0.156 e. The number of nitrogens with zero attached hydrogens (tertiary/aromatic N) is 1. The molecule has 1 heterocycles. The first-order chi connectivity index (χ1) is 7.51. The van der Waals surface area contributed by atoms with Crippen LogP contribution >= 0.6 is 0 Å². The van der Waals surface area contributed by atoms with Crippen LogP contribution in [0.1, 0.15) is 32.3 Å². The highest BCUT2D eigenvalue weighted by Crippen LogP contribution is 2.16. The summed E-state index contributed by atoms with van der Waals surface area (Å²) in [5, 5.41) is 0. The molecule has 0 radical (unpaired) electrons. The molecule has 4 heteroatoms. The Hall–Kier alpha value is -1.42. The van der Waals surface area contributed by atoms with Gasteiger partial charge in [-0.25, -0.2) is 4.98 Å². The van der Waals surface area contributed by atoms with E-state index >= 15 is 0 Å². The third-order valence-corrected chi connectivity index (χ3v) is 3.03. The minimum atomic E-state index is -0.710. The molecular formula is C12H19N3O. The number of ketones is 1. The van der Waals surface area contributed by atoms with Crippen LogP contribution in [0.4, 0.5) is 5.82 Å². The molecule has 0 saturated carbocycles. The standard InChI is InChI=1S/C12H19N3O/c1-3-12(14,4-2)10(16)7-9-5-6-15-11(13)8-9/h5-6,8H,3-4,7,14H2,1-2H3,(H2,13,15). The molecule has 1 rings (SSSR count). The predicted octanol–water partition coefficient (Wildman–Crippen LogP) is 1.29. The largest absolute Gasteiger partial charge is 0.384 e. The van der Waals surface area contributed by atoms with Gasteiger partial charge in [0.2, 0.25) is 0 Å². The average molecular weight is 221 g/mol. The number of nitrogen functional groups attached to an aromatic ring is 1. The second-order valence-corrected chi connectivity index (χ2v) is 4.05. The molecule has 0 aliphatic carbocycles. The Kier molecular flexibility index (Phi) is 4.01. The molecular weight excluding hydrogens is 202 g/mol. The molecule has 1 aromatic heterocycles. The summed E-state index contributed by atoms with van der Waals surface area (Å²) in [6.07, 6.45) is 3.24. The van der Waals surface area contributed by atoms with Crippen molar-refractivity contribution in [1.82, 2.24) is 4.98 Å². The predicted molar refractivity (Wildman–Crippen MR) is 64.9 cm³/mol. The van der Waals surface area contributed by atoms with Crippen molar-refractivity contribution in [1.29, 1.82) is 0 Å². The van der Waals surface area contributed by atoms with Crippen LogP contribution in [0.5, 0.6) is 0 Å². The Labute approximate surface area is 96.0 Å². The molecule has 0 spiro atoms. The van der Waals surface area contributed by atoms with Gasteiger partial charge in [0, 0.05) is 12.6 Å². The van der Waals surface area contributed by atoms with E-state index in [2.05, 4.69) is 4.98 Å². The van der Waals surface area contributed by atoms with Crippen molar-refractivity contribution in [2.24, 2.45) is 5.73 Å². The number of hydrogen-bond donors (Lipinski definition) is 2. The second-order valence-electron chi connectivity index (χ2n) is 4.05. The summed E-state index contributed by atoms with van der Waals surface area (Å²) >= 11 is 0. The minimum absolute atomic E-state index is 0.0584. The summed E-state index contributed by atoms with van der Waals surface area (Å²) in [6, 6.07) is 3.50. The molecule has 0 unspecified atom stereocenters. The smallest absolute Gasteiger partial charge is 0.156 e. The monoisotopic (exact) mass is 221 g/mol. The molecule has 0 aromatic carbocycles. The van der Waals surface area contributed by atoms with Crippen LogP contribution in [-0.4, -0.2) is 16.3 Å². The highest BCUT2D eigenvalue weighted by Gasteiger charge is 2.29. The maximum atomic E-state index is 12.0. The topological polar surface area (TPSA) is 82.0 Å². The number of Topliss-reactive ketones (excluding diaryl/α,β-unsaturated/α-hetero) is 1. The second kappa shape index (κ2) is 5.07. The van der Waals surface area contributed by atoms with E-state index in [1.54, 1.807) is 18.3 Å². The molecule has 0 amide bonds. The molecule has 0 aliphatic heterocycles. The first kappa shape index (κ1) is 12.6. The third kappa shape index (κ3) is 2.79. The molecule has 1 aromatic rings. The van der Waals surface area contributed by atoms with Crippen molar-refractivity contribution in [2.45, 2.75) is 38.6 Å².